The number of aryl methyl sites for hydroxylation is 1. The highest BCUT2D eigenvalue weighted by atomic mass is 32.1. The Morgan fingerprint density at radius 3 is 2.39 bits per heavy atom. The van der Waals surface area contributed by atoms with E-state index in [2.05, 4.69) is 46.1 Å². The van der Waals surface area contributed by atoms with Crippen LogP contribution in [0, 0.1) is 11.7 Å². The van der Waals surface area contributed by atoms with E-state index in [4.69, 9.17) is 17.0 Å². The molecule has 0 spiro atoms. The van der Waals surface area contributed by atoms with Gasteiger partial charge in [0.15, 0.2) is 0 Å². The first kappa shape index (κ1) is 18.7. The molecule has 0 saturated carbocycles. The molecule has 3 aromatic rings. The van der Waals surface area contributed by atoms with Crippen LogP contribution in [0.4, 0.5) is 5.69 Å². The van der Waals surface area contributed by atoms with Crippen molar-refractivity contribution in [1.29, 1.82) is 0 Å². The lowest BCUT2D eigenvalue weighted by atomic mass is 10.2. The number of hydrogen-bond acceptors (Lipinski definition) is 5. The molecule has 1 saturated heterocycles. The van der Waals surface area contributed by atoms with Gasteiger partial charge in [-0.3, -0.25) is 9.47 Å². The average molecular weight is 396 g/mol. The molecule has 2 aromatic carbocycles. The van der Waals surface area contributed by atoms with Gasteiger partial charge in [-0.2, -0.15) is 5.10 Å². The van der Waals surface area contributed by atoms with E-state index in [0.717, 1.165) is 42.4 Å². The maximum absolute atomic E-state index is 5.67. The second-order valence-corrected chi connectivity index (χ2v) is 7.38. The van der Waals surface area contributed by atoms with Crippen LogP contribution in [0.5, 0.6) is 5.75 Å². The molecular weight excluding hydrogens is 370 g/mol. The van der Waals surface area contributed by atoms with Gasteiger partial charge in [0.1, 0.15) is 12.1 Å². The summed E-state index contributed by atoms with van der Waals surface area (Å²) in [6.07, 6.45) is 1.82. The molecule has 1 aliphatic rings. The second-order valence-electron chi connectivity index (χ2n) is 7.01. The molecule has 6 nitrogen and oxygen atoms in total. The molecule has 0 atom stereocenters. The lowest BCUT2D eigenvalue weighted by Crippen LogP contribution is -2.47. The van der Waals surface area contributed by atoms with Gasteiger partial charge in [-0.05, 0) is 55.0 Å². The van der Waals surface area contributed by atoms with Crippen LogP contribution >= 0.6 is 12.2 Å². The molecule has 4 rings (SSSR count). The van der Waals surface area contributed by atoms with Crippen LogP contribution in [0.25, 0.3) is 5.69 Å². The minimum absolute atomic E-state index is 0.716. The zero-order valence-electron chi connectivity index (χ0n) is 16.3. The van der Waals surface area contributed by atoms with Crippen molar-refractivity contribution in [3.8, 4) is 11.4 Å². The standard InChI is InChI=1S/C21H25N5OS/c1-17-5-3-4-6-20(17)25-15-22-26(21(25)28)16-23-11-13-24(14-12-23)18-7-9-19(27-2)10-8-18/h3-10,15H,11-14,16H2,1-2H3. The van der Waals surface area contributed by atoms with Crippen molar-refractivity contribution in [1.82, 2.24) is 19.2 Å². The van der Waals surface area contributed by atoms with Gasteiger partial charge >= 0.3 is 0 Å². The Bertz CT molecular complexity index is 987. The van der Waals surface area contributed by atoms with Crippen molar-refractivity contribution in [2.24, 2.45) is 0 Å². The van der Waals surface area contributed by atoms with Gasteiger partial charge in [0.2, 0.25) is 4.77 Å². The molecule has 0 aliphatic carbocycles. The minimum atomic E-state index is 0.716. The van der Waals surface area contributed by atoms with E-state index >= 15 is 0 Å². The van der Waals surface area contributed by atoms with Crippen LogP contribution in [0.1, 0.15) is 5.56 Å². The topological polar surface area (TPSA) is 38.5 Å². The van der Waals surface area contributed by atoms with Gasteiger partial charge in [0.05, 0.1) is 19.5 Å². The van der Waals surface area contributed by atoms with E-state index in [1.54, 1.807) is 7.11 Å². The number of methoxy groups -OCH3 is 1. The predicted octanol–water partition coefficient (Wildman–Crippen LogP) is 3.50. The first-order valence-corrected chi connectivity index (χ1v) is 9.88. The number of piperazine rings is 1. The molecule has 0 radical (unpaired) electrons. The number of aromatic nitrogens is 3. The highest BCUT2D eigenvalue weighted by Crippen LogP contribution is 2.21. The van der Waals surface area contributed by atoms with Gasteiger partial charge in [0.25, 0.3) is 0 Å². The molecule has 28 heavy (non-hydrogen) atoms. The zero-order valence-corrected chi connectivity index (χ0v) is 17.1. The fourth-order valence-electron chi connectivity index (χ4n) is 3.56. The van der Waals surface area contributed by atoms with E-state index in [-0.39, 0.29) is 0 Å². The smallest absolute Gasteiger partial charge is 0.203 e. The Morgan fingerprint density at radius 1 is 1.00 bits per heavy atom. The summed E-state index contributed by atoms with van der Waals surface area (Å²) in [6.45, 7) is 6.73. The summed E-state index contributed by atoms with van der Waals surface area (Å²) in [5.74, 6) is 0.890. The number of rotatable bonds is 5. The van der Waals surface area contributed by atoms with E-state index in [9.17, 15) is 0 Å². The molecule has 7 heteroatoms. The Labute approximate surface area is 170 Å². The van der Waals surface area contributed by atoms with Crippen LogP contribution in [0.15, 0.2) is 54.9 Å². The van der Waals surface area contributed by atoms with E-state index in [1.807, 2.05) is 39.8 Å². The first-order valence-electron chi connectivity index (χ1n) is 9.47. The Morgan fingerprint density at radius 2 is 1.71 bits per heavy atom. The third-order valence-corrected chi connectivity index (χ3v) is 5.66. The third kappa shape index (κ3) is 3.81. The van der Waals surface area contributed by atoms with E-state index in [0.29, 0.717) is 6.67 Å². The second kappa shape index (κ2) is 8.16. The Kier molecular flexibility index (Phi) is 5.45. The first-order chi connectivity index (χ1) is 13.7. The van der Waals surface area contributed by atoms with Gasteiger partial charge in [-0.15, -0.1) is 0 Å². The molecule has 0 amide bonds. The van der Waals surface area contributed by atoms with Crippen LogP contribution in [0.2, 0.25) is 0 Å². The van der Waals surface area contributed by atoms with Crippen molar-refractivity contribution < 1.29 is 4.74 Å². The average Bonchev–Trinajstić information content (AvgIpc) is 3.09. The fourth-order valence-corrected chi connectivity index (χ4v) is 3.81. The lowest BCUT2D eigenvalue weighted by Gasteiger charge is -2.35. The lowest BCUT2D eigenvalue weighted by molar-refractivity contribution is 0.194. The van der Waals surface area contributed by atoms with E-state index < -0.39 is 0 Å². The summed E-state index contributed by atoms with van der Waals surface area (Å²) in [4.78, 5) is 4.80. The quantitative estimate of drug-likeness (QED) is 0.618. The highest BCUT2D eigenvalue weighted by Gasteiger charge is 2.18. The summed E-state index contributed by atoms with van der Waals surface area (Å²) in [5, 5.41) is 4.53. The zero-order chi connectivity index (χ0) is 19.5. The van der Waals surface area contributed by atoms with Crippen LogP contribution in [-0.4, -0.2) is 52.5 Å². The summed E-state index contributed by atoms with van der Waals surface area (Å²) in [5.41, 5.74) is 3.51. The molecule has 0 unspecified atom stereocenters. The van der Waals surface area contributed by atoms with Gasteiger partial charge in [0, 0.05) is 31.9 Å². The minimum Gasteiger partial charge on any atom is -0.497 e. The molecule has 1 aromatic heterocycles. The summed E-state index contributed by atoms with van der Waals surface area (Å²) >= 11 is 5.67. The highest BCUT2D eigenvalue weighted by molar-refractivity contribution is 7.71. The maximum atomic E-state index is 5.67. The molecule has 0 N–H and O–H groups in total. The Hall–Kier alpha value is -2.64. The molecule has 2 heterocycles. The largest absolute Gasteiger partial charge is 0.497 e. The number of nitrogens with zero attached hydrogens (tertiary/aromatic N) is 5. The van der Waals surface area contributed by atoms with Crippen LogP contribution < -0.4 is 9.64 Å². The van der Waals surface area contributed by atoms with Crippen molar-refractivity contribution in [2.75, 3.05) is 38.2 Å². The summed E-state index contributed by atoms with van der Waals surface area (Å²) in [7, 11) is 1.69. The predicted molar refractivity (Wildman–Crippen MR) is 114 cm³/mol. The summed E-state index contributed by atoms with van der Waals surface area (Å²) < 4.78 is 9.86. The molecule has 0 bridgehead atoms. The van der Waals surface area contributed by atoms with Crippen LogP contribution in [-0.2, 0) is 6.67 Å². The number of benzene rings is 2. The SMILES string of the molecule is COc1ccc(N2CCN(Cn3ncn(-c4ccccc4C)c3=S)CC2)cc1. The Balaban J connectivity index is 1.40. The van der Waals surface area contributed by atoms with Gasteiger partial charge in [-0.25, -0.2) is 4.68 Å². The molecule has 146 valence electrons. The van der Waals surface area contributed by atoms with Crippen molar-refractivity contribution in [3.05, 3.63) is 65.2 Å². The molecular formula is C21H25N5OS. The van der Waals surface area contributed by atoms with Crippen molar-refractivity contribution >= 4 is 17.9 Å². The van der Waals surface area contributed by atoms with E-state index in [1.165, 1.54) is 11.3 Å². The number of para-hydroxylation sites is 1. The number of ether oxygens (including phenoxy) is 1. The van der Waals surface area contributed by atoms with Crippen LogP contribution in [0.3, 0.4) is 0 Å². The number of anilines is 1. The van der Waals surface area contributed by atoms with Gasteiger partial charge < -0.3 is 9.64 Å². The number of hydrogen-bond donors (Lipinski definition) is 0. The molecule has 1 fully saturated rings. The fraction of sp³-hybridized carbons (Fsp3) is 0.333. The third-order valence-electron chi connectivity index (χ3n) is 5.25. The van der Waals surface area contributed by atoms with Crippen molar-refractivity contribution in [3.63, 3.8) is 0 Å². The summed E-state index contributed by atoms with van der Waals surface area (Å²) in [6, 6.07) is 16.5. The normalized spacial score (nSPS) is 15.0. The monoisotopic (exact) mass is 395 g/mol. The molecule has 1 aliphatic heterocycles. The van der Waals surface area contributed by atoms with Crippen molar-refractivity contribution in [2.45, 2.75) is 13.6 Å². The van der Waals surface area contributed by atoms with Gasteiger partial charge in [-0.1, -0.05) is 18.2 Å². The maximum Gasteiger partial charge on any atom is 0.203 e.